The summed E-state index contributed by atoms with van der Waals surface area (Å²) in [5, 5.41) is 20.4. The normalized spacial score (nSPS) is 15.5. The van der Waals surface area contributed by atoms with Crippen molar-refractivity contribution in [2.24, 2.45) is 11.5 Å². The maximum Gasteiger partial charge on any atom is 0.246 e. The Morgan fingerprint density at radius 3 is 2.11 bits per heavy atom. The summed E-state index contributed by atoms with van der Waals surface area (Å²) in [6.07, 6.45) is 5.45. The first-order valence-electron chi connectivity index (χ1n) is 18.1. The number of carbonyl (C=O) groups excluding carboxylic acids is 6. The summed E-state index contributed by atoms with van der Waals surface area (Å²) in [6.45, 7) is 0.175. The monoisotopic (exact) mass is 739 g/mol. The summed E-state index contributed by atoms with van der Waals surface area (Å²) in [5.74, 6) is -3.45. The fraction of sp³-hybridized carbons (Fsp3) is 0.350. The van der Waals surface area contributed by atoms with Crippen LogP contribution in [0, 0.1) is 0 Å². The van der Waals surface area contributed by atoms with E-state index in [1.807, 2.05) is 36.4 Å². The van der Waals surface area contributed by atoms with Gasteiger partial charge in [-0.2, -0.15) is 0 Å². The Kier molecular flexibility index (Phi) is 15.8. The maximum atomic E-state index is 14.0. The lowest BCUT2D eigenvalue weighted by Gasteiger charge is -2.28. The second-order valence-electron chi connectivity index (χ2n) is 13.1. The molecular weight excluding hydrogens is 690 g/mol. The van der Waals surface area contributed by atoms with E-state index in [4.69, 9.17) is 11.5 Å². The minimum Gasteiger partial charge on any atom is -0.508 e. The molecular formula is C40H49N7O7. The molecule has 0 radical (unpaired) electrons. The van der Waals surface area contributed by atoms with Gasteiger partial charge in [0.2, 0.25) is 35.4 Å². The number of amides is 6. The number of likely N-dealkylation sites (tertiary alicyclic amines) is 1. The number of hydrogen-bond acceptors (Lipinski definition) is 8. The molecule has 14 heteroatoms. The summed E-state index contributed by atoms with van der Waals surface area (Å²) in [5.41, 5.74) is 13.5. The molecule has 0 unspecified atom stereocenters. The average molecular weight is 740 g/mol. The second-order valence-corrected chi connectivity index (χ2v) is 13.1. The Bertz CT molecular complexity index is 1750. The van der Waals surface area contributed by atoms with Crippen molar-refractivity contribution in [2.75, 3.05) is 19.6 Å². The summed E-state index contributed by atoms with van der Waals surface area (Å²) < 4.78 is 0. The largest absolute Gasteiger partial charge is 0.508 e. The third-order valence-corrected chi connectivity index (χ3v) is 9.02. The van der Waals surface area contributed by atoms with Crippen molar-refractivity contribution < 1.29 is 33.9 Å². The third-order valence-electron chi connectivity index (χ3n) is 9.02. The molecule has 286 valence electrons. The van der Waals surface area contributed by atoms with E-state index in [2.05, 4.69) is 21.3 Å². The van der Waals surface area contributed by atoms with Gasteiger partial charge in [-0.15, -0.1) is 0 Å². The van der Waals surface area contributed by atoms with Crippen LogP contribution >= 0.6 is 0 Å². The number of carbonyl (C=O) groups is 6. The number of nitrogens with two attached hydrogens (primary N) is 2. The van der Waals surface area contributed by atoms with Gasteiger partial charge in [-0.25, -0.2) is 0 Å². The van der Waals surface area contributed by atoms with Crippen molar-refractivity contribution in [1.29, 1.82) is 0 Å². The summed E-state index contributed by atoms with van der Waals surface area (Å²) >= 11 is 0. The number of rotatable bonds is 19. The molecule has 1 saturated heterocycles. The first-order valence-corrected chi connectivity index (χ1v) is 18.1. The number of nitrogens with zero attached hydrogens (tertiary/aromatic N) is 1. The summed E-state index contributed by atoms with van der Waals surface area (Å²) in [6, 6.07) is 20.5. The Morgan fingerprint density at radius 2 is 1.44 bits per heavy atom. The Labute approximate surface area is 314 Å². The van der Waals surface area contributed by atoms with Gasteiger partial charge >= 0.3 is 0 Å². The summed E-state index contributed by atoms with van der Waals surface area (Å²) in [7, 11) is 0. The molecule has 14 nitrogen and oxygen atoms in total. The zero-order valence-electron chi connectivity index (χ0n) is 30.1. The van der Waals surface area contributed by atoms with E-state index in [9.17, 15) is 33.9 Å². The minimum atomic E-state index is -1.03. The first-order chi connectivity index (χ1) is 26.0. The van der Waals surface area contributed by atoms with Gasteiger partial charge < -0.3 is 42.7 Å². The molecule has 0 saturated carbocycles. The predicted octanol–water partition coefficient (Wildman–Crippen LogP) is 1.07. The van der Waals surface area contributed by atoms with E-state index < -0.39 is 66.2 Å². The average Bonchev–Trinajstić information content (AvgIpc) is 3.67. The quantitative estimate of drug-likeness (QED) is 0.0694. The fourth-order valence-electron chi connectivity index (χ4n) is 6.16. The van der Waals surface area contributed by atoms with Crippen molar-refractivity contribution in [3.05, 3.63) is 108 Å². The van der Waals surface area contributed by atoms with Crippen molar-refractivity contribution in [3.63, 3.8) is 0 Å². The Hall–Kier alpha value is -6.02. The summed E-state index contributed by atoms with van der Waals surface area (Å²) in [4.78, 5) is 80.4. The molecule has 1 heterocycles. The molecule has 1 aliphatic rings. The van der Waals surface area contributed by atoms with Gasteiger partial charge in [0, 0.05) is 25.5 Å². The molecule has 0 aromatic heterocycles. The number of hydrogen-bond donors (Lipinski definition) is 7. The van der Waals surface area contributed by atoms with Crippen LogP contribution in [-0.4, -0.2) is 89.3 Å². The van der Waals surface area contributed by atoms with Crippen LogP contribution in [0.25, 0.3) is 6.08 Å². The van der Waals surface area contributed by atoms with Gasteiger partial charge in [0.1, 0.15) is 29.9 Å². The lowest BCUT2D eigenvalue weighted by atomic mass is 10.0. The van der Waals surface area contributed by atoms with Gasteiger partial charge in [0.15, 0.2) is 0 Å². The lowest BCUT2D eigenvalue weighted by Crippen LogP contribution is -2.56. The van der Waals surface area contributed by atoms with Gasteiger partial charge in [0.05, 0.1) is 6.54 Å². The highest BCUT2D eigenvalue weighted by Crippen LogP contribution is 2.20. The van der Waals surface area contributed by atoms with Crippen molar-refractivity contribution in [1.82, 2.24) is 26.2 Å². The van der Waals surface area contributed by atoms with Crippen LogP contribution in [0.4, 0.5) is 0 Å². The van der Waals surface area contributed by atoms with E-state index in [0.29, 0.717) is 37.8 Å². The molecule has 54 heavy (non-hydrogen) atoms. The number of benzene rings is 3. The topological polar surface area (TPSA) is 226 Å². The van der Waals surface area contributed by atoms with Crippen molar-refractivity contribution in [2.45, 2.75) is 69.1 Å². The third kappa shape index (κ3) is 12.9. The van der Waals surface area contributed by atoms with Crippen LogP contribution in [0.1, 0.15) is 48.8 Å². The van der Waals surface area contributed by atoms with E-state index in [1.165, 1.54) is 23.1 Å². The van der Waals surface area contributed by atoms with E-state index in [0.717, 1.165) is 11.1 Å². The highest BCUT2D eigenvalue weighted by molar-refractivity contribution is 5.98. The highest BCUT2D eigenvalue weighted by Gasteiger charge is 2.38. The molecule has 0 aliphatic carbocycles. The zero-order chi connectivity index (χ0) is 38.9. The van der Waals surface area contributed by atoms with E-state index >= 15 is 0 Å². The molecule has 1 aliphatic heterocycles. The van der Waals surface area contributed by atoms with Gasteiger partial charge in [-0.05, 0) is 73.5 Å². The van der Waals surface area contributed by atoms with Crippen molar-refractivity contribution >= 4 is 41.5 Å². The second kappa shape index (κ2) is 20.9. The minimum absolute atomic E-state index is 0.0530. The van der Waals surface area contributed by atoms with Crippen LogP contribution in [0.2, 0.25) is 0 Å². The van der Waals surface area contributed by atoms with Crippen LogP contribution in [0.5, 0.6) is 5.75 Å². The number of phenols is 1. The SMILES string of the molecule is NCCCC[C@H](NC(=O)CNC(=O)[C@@H]1CCCN1C(=O)[C@H](Cc1ccc(O)cc1)NC(=O)C=Cc1ccccc1)C(=O)N[C@@H](Cc1ccccc1)C(N)=O. The van der Waals surface area contributed by atoms with Gasteiger partial charge in [-0.3, -0.25) is 28.8 Å². The molecule has 1 fully saturated rings. The maximum absolute atomic E-state index is 14.0. The number of aromatic hydroxyl groups is 1. The Morgan fingerprint density at radius 1 is 0.796 bits per heavy atom. The Balaban J connectivity index is 1.39. The van der Waals surface area contributed by atoms with E-state index in [-0.39, 0.29) is 31.6 Å². The number of phenolic OH excluding ortho intramolecular Hbond substituents is 1. The first kappa shape index (κ1) is 40.7. The molecule has 4 atom stereocenters. The number of primary amides is 1. The lowest BCUT2D eigenvalue weighted by molar-refractivity contribution is -0.141. The number of unbranched alkanes of at least 4 members (excludes halogenated alkanes) is 1. The molecule has 3 aromatic rings. The van der Waals surface area contributed by atoms with Crippen LogP contribution in [-0.2, 0) is 41.6 Å². The predicted molar refractivity (Wildman–Crippen MR) is 203 cm³/mol. The van der Waals surface area contributed by atoms with Gasteiger partial charge in [-0.1, -0.05) is 72.8 Å². The van der Waals surface area contributed by atoms with Crippen LogP contribution in [0.15, 0.2) is 91.0 Å². The molecule has 0 bridgehead atoms. The smallest absolute Gasteiger partial charge is 0.246 e. The van der Waals surface area contributed by atoms with Crippen LogP contribution < -0.4 is 32.7 Å². The molecule has 4 rings (SSSR count). The number of nitrogens with one attached hydrogen (secondary N) is 4. The van der Waals surface area contributed by atoms with Crippen molar-refractivity contribution in [3.8, 4) is 5.75 Å². The molecule has 9 N–H and O–H groups in total. The molecule has 3 aromatic carbocycles. The standard InChI is InChI=1S/C40H49N7O7/c41-22-8-7-14-31(38(52)46-32(37(42)51)24-28-12-5-2-6-13-28)44-36(50)26-43-39(53)34-15-9-23-47(34)40(54)33(25-29-16-19-30(48)20-17-29)45-35(49)21-18-27-10-3-1-4-11-27/h1-6,10-13,16-21,31-34,48H,7-9,14-15,22-26,41H2,(H2,42,51)(H,43,53)(H,44,50)(H,45,49)(H,46,52)/t31-,32-,33-,34-/m0/s1. The molecule has 0 spiro atoms. The van der Waals surface area contributed by atoms with Gasteiger partial charge in [0.25, 0.3) is 0 Å². The zero-order valence-corrected chi connectivity index (χ0v) is 30.1. The highest BCUT2D eigenvalue weighted by atomic mass is 16.3. The molecule has 6 amide bonds. The van der Waals surface area contributed by atoms with E-state index in [1.54, 1.807) is 42.5 Å². The fourth-order valence-corrected chi connectivity index (χ4v) is 6.16. The van der Waals surface area contributed by atoms with Crippen LogP contribution in [0.3, 0.4) is 0 Å².